The van der Waals surface area contributed by atoms with Gasteiger partial charge in [0.25, 0.3) is 0 Å². The molecule has 2 aromatic heterocycles. The fourth-order valence-corrected chi connectivity index (χ4v) is 2.87. The summed E-state index contributed by atoms with van der Waals surface area (Å²) in [5.74, 6) is 1.43. The molecule has 1 aliphatic rings. The molecule has 24 heavy (non-hydrogen) atoms. The van der Waals surface area contributed by atoms with Gasteiger partial charge in [-0.25, -0.2) is 9.97 Å². The van der Waals surface area contributed by atoms with E-state index in [0.717, 1.165) is 35.6 Å². The lowest BCUT2D eigenvalue weighted by atomic mass is 10.3. The molecule has 1 fully saturated rings. The molecule has 1 aromatic carbocycles. The molecule has 124 valence electrons. The fourth-order valence-electron chi connectivity index (χ4n) is 2.87. The highest BCUT2D eigenvalue weighted by molar-refractivity contribution is 5.73. The van der Waals surface area contributed by atoms with Crippen molar-refractivity contribution in [3.8, 4) is 5.75 Å². The summed E-state index contributed by atoms with van der Waals surface area (Å²) in [7, 11) is 0. The largest absolute Gasteiger partial charge is 0.492 e. The highest BCUT2D eigenvalue weighted by Crippen LogP contribution is 2.19. The number of benzene rings is 1. The minimum absolute atomic E-state index is 0.548. The van der Waals surface area contributed by atoms with E-state index in [0.29, 0.717) is 5.95 Å². The summed E-state index contributed by atoms with van der Waals surface area (Å²) in [6.45, 7) is 4.13. The van der Waals surface area contributed by atoms with Crippen LogP contribution < -0.4 is 10.1 Å². The van der Waals surface area contributed by atoms with Gasteiger partial charge in [0.05, 0.1) is 12.4 Å². The Morgan fingerprint density at radius 2 is 1.96 bits per heavy atom. The molecule has 3 heterocycles. The first-order valence-electron chi connectivity index (χ1n) is 8.25. The molecule has 3 aromatic rings. The monoisotopic (exact) mass is 324 g/mol. The molecular weight excluding hydrogens is 304 g/mol. The molecule has 0 radical (unpaired) electrons. The highest BCUT2D eigenvalue weighted by atomic mass is 16.5. The predicted octanol–water partition coefficient (Wildman–Crippen LogP) is 2.57. The number of ether oxygens (including phenoxy) is 1. The second kappa shape index (κ2) is 6.84. The number of nitrogens with zero attached hydrogens (tertiary/aromatic N) is 4. The maximum Gasteiger partial charge on any atom is 0.227 e. The number of nitrogens with one attached hydrogen (secondary N) is 2. The minimum atomic E-state index is 0.548. The van der Waals surface area contributed by atoms with Gasteiger partial charge in [0.2, 0.25) is 5.95 Å². The van der Waals surface area contributed by atoms with E-state index < -0.39 is 0 Å². The SMILES string of the molecule is c1cc(OCCN2CCCC2)ccc1Nc1ncc2[nH]ncc2n1. The summed E-state index contributed by atoms with van der Waals surface area (Å²) < 4.78 is 5.81. The zero-order valence-corrected chi connectivity index (χ0v) is 13.4. The molecule has 0 saturated carbocycles. The van der Waals surface area contributed by atoms with E-state index in [1.807, 2.05) is 24.3 Å². The van der Waals surface area contributed by atoms with E-state index in [1.54, 1.807) is 12.4 Å². The number of anilines is 2. The molecule has 7 heteroatoms. The Balaban J connectivity index is 1.32. The number of aromatic amines is 1. The Kier molecular flexibility index (Phi) is 4.24. The zero-order chi connectivity index (χ0) is 16.2. The normalized spacial score (nSPS) is 15.0. The number of likely N-dealkylation sites (tertiary alicyclic amines) is 1. The van der Waals surface area contributed by atoms with E-state index in [-0.39, 0.29) is 0 Å². The van der Waals surface area contributed by atoms with Gasteiger partial charge < -0.3 is 10.1 Å². The summed E-state index contributed by atoms with van der Waals surface area (Å²) in [6, 6.07) is 7.85. The molecular formula is C17H20N6O. The lowest BCUT2D eigenvalue weighted by molar-refractivity contribution is 0.238. The topological polar surface area (TPSA) is 79.0 Å². The van der Waals surface area contributed by atoms with E-state index in [2.05, 4.69) is 30.4 Å². The van der Waals surface area contributed by atoms with Crippen molar-refractivity contribution in [2.45, 2.75) is 12.8 Å². The van der Waals surface area contributed by atoms with Crippen molar-refractivity contribution in [2.75, 3.05) is 31.6 Å². The number of H-pyrrole nitrogens is 1. The van der Waals surface area contributed by atoms with Crippen LogP contribution >= 0.6 is 0 Å². The van der Waals surface area contributed by atoms with Crippen molar-refractivity contribution in [2.24, 2.45) is 0 Å². The van der Waals surface area contributed by atoms with E-state index >= 15 is 0 Å². The standard InChI is InChI=1S/C17H20N6O/c1-2-8-23(7-1)9-10-24-14-5-3-13(4-6-14)20-17-18-11-16-15(21-17)12-19-22-16/h3-6,11-12H,1-2,7-10H2,(H,19,22)(H,18,20,21). The van der Waals surface area contributed by atoms with Gasteiger partial charge >= 0.3 is 0 Å². The van der Waals surface area contributed by atoms with Crippen molar-refractivity contribution in [3.63, 3.8) is 0 Å². The molecule has 0 aliphatic carbocycles. The van der Waals surface area contributed by atoms with E-state index in [9.17, 15) is 0 Å². The average Bonchev–Trinajstić information content (AvgIpc) is 3.27. The number of aromatic nitrogens is 4. The summed E-state index contributed by atoms with van der Waals surface area (Å²) in [5.41, 5.74) is 2.53. The molecule has 0 atom stereocenters. The van der Waals surface area contributed by atoms with Crippen LogP contribution in [0.1, 0.15) is 12.8 Å². The predicted molar refractivity (Wildman–Crippen MR) is 92.6 cm³/mol. The number of fused-ring (bicyclic) bond motifs is 1. The van der Waals surface area contributed by atoms with Crippen molar-refractivity contribution >= 4 is 22.7 Å². The first-order chi connectivity index (χ1) is 11.9. The maximum atomic E-state index is 5.81. The Morgan fingerprint density at radius 1 is 1.12 bits per heavy atom. The van der Waals surface area contributed by atoms with Crippen LogP contribution in [0.5, 0.6) is 5.75 Å². The zero-order valence-electron chi connectivity index (χ0n) is 13.4. The van der Waals surface area contributed by atoms with Crippen molar-refractivity contribution in [3.05, 3.63) is 36.7 Å². The molecule has 0 amide bonds. The maximum absolute atomic E-state index is 5.81. The second-order valence-electron chi connectivity index (χ2n) is 5.91. The summed E-state index contributed by atoms with van der Waals surface area (Å²) in [4.78, 5) is 11.1. The van der Waals surface area contributed by atoms with Gasteiger partial charge in [-0.15, -0.1) is 0 Å². The minimum Gasteiger partial charge on any atom is -0.492 e. The van der Waals surface area contributed by atoms with Crippen LogP contribution in [0.2, 0.25) is 0 Å². The Hall–Kier alpha value is -2.67. The van der Waals surface area contributed by atoms with Crippen LogP contribution in [-0.4, -0.2) is 51.3 Å². The molecule has 4 rings (SSSR count). The molecule has 1 aliphatic heterocycles. The lowest BCUT2D eigenvalue weighted by Gasteiger charge is -2.15. The number of hydrogen-bond acceptors (Lipinski definition) is 6. The van der Waals surface area contributed by atoms with Crippen molar-refractivity contribution in [1.29, 1.82) is 0 Å². The smallest absolute Gasteiger partial charge is 0.227 e. The number of hydrogen-bond donors (Lipinski definition) is 2. The Bertz CT molecular complexity index is 794. The number of rotatable bonds is 6. The highest BCUT2D eigenvalue weighted by Gasteiger charge is 2.10. The lowest BCUT2D eigenvalue weighted by Crippen LogP contribution is -2.25. The molecule has 0 unspecified atom stereocenters. The van der Waals surface area contributed by atoms with Crippen LogP contribution in [0, 0.1) is 0 Å². The second-order valence-corrected chi connectivity index (χ2v) is 5.91. The molecule has 2 N–H and O–H groups in total. The third kappa shape index (κ3) is 3.46. The van der Waals surface area contributed by atoms with Gasteiger partial charge in [-0.3, -0.25) is 10.00 Å². The molecule has 7 nitrogen and oxygen atoms in total. The molecule has 1 saturated heterocycles. The van der Waals surface area contributed by atoms with Crippen LogP contribution in [0.4, 0.5) is 11.6 Å². The summed E-state index contributed by atoms with van der Waals surface area (Å²) in [5, 5.41) is 9.96. The van der Waals surface area contributed by atoms with Crippen molar-refractivity contribution in [1.82, 2.24) is 25.1 Å². The first kappa shape index (κ1) is 14.9. The van der Waals surface area contributed by atoms with Gasteiger partial charge in [0.1, 0.15) is 23.4 Å². The fraction of sp³-hybridized carbons (Fsp3) is 0.353. The van der Waals surface area contributed by atoms with Crippen LogP contribution in [0.25, 0.3) is 11.0 Å². The third-order valence-corrected chi connectivity index (χ3v) is 4.18. The summed E-state index contributed by atoms with van der Waals surface area (Å²) in [6.07, 6.45) is 6.02. The molecule has 0 spiro atoms. The average molecular weight is 324 g/mol. The van der Waals surface area contributed by atoms with E-state index in [1.165, 1.54) is 25.9 Å². The third-order valence-electron chi connectivity index (χ3n) is 4.18. The quantitative estimate of drug-likeness (QED) is 0.725. The first-order valence-corrected chi connectivity index (χ1v) is 8.25. The summed E-state index contributed by atoms with van der Waals surface area (Å²) >= 11 is 0. The van der Waals surface area contributed by atoms with Gasteiger partial charge in [-0.05, 0) is 50.2 Å². The Labute approximate surface area is 140 Å². The van der Waals surface area contributed by atoms with Gasteiger partial charge in [0.15, 0.2) is 0 Å². The van der Waals surface area contributed by atoms with Gasteiger partial charge in [-0.1, -0.05) is 0 Å². The van der Waals surface area contributed by atoms with E-state index in [4.69, 9.17) is 4.74 Å². The van der Waals surface area contributed by atoms with Gasteiger partial charge in [0, 0.05) is 12.2 Å². The van der Waals surface area contributed by atoms with Crippen LogP contribution in [0.3, 0.4) is 0 Å². The van der Waals surface area contributed by atoms with Crippen molar-refractivity contribution < 1.29 is 4.74 Å². The molecule has 0 bridgehead atoms. The van der Waals surface area contributed by atoms with Gasteiger partial charge in [-0.2, -0.15) is 5.10 Å². The van der Waals surface area contributed by atoms with Crippen LogP contribution in [0.15, 0.2) is 36.7 Å². The Morgan fingerprint density at radius 3 is 2.79 bits per heavy atom. The van der Waals surface area contributed by atoms with Crippen LogP contribution in [-0.2, 0) is 0 Å².